The molecule has 0 heterocycles. The molecule has 3 rings (SSSR count). The fourth-order valence-corrected chi connectivity index (χ4v) is 5.13. The lowest BCUT2D eigenvalue weighted by atomic mass is 9.99. The zero-order valence-electron chi connectivity index (χ0n) is 16.4. The van der Waals surface area contributed by atoms with E-state index in [-0.39, 0.29) is 5.75 Å². The Kier molecular flexibility index (Phi) is 6.42. The van der Waals surface area contributed by atoms with Crippen LogP contribution in [0, 0.1) is 0 Å². The van der Waals surface area contributed by atoms with Crippen molar-refractivity contribution in [2.24, 2.45) is 0 Å². The van der Waals surface area contributed by atoms with Gasteiger partial charge in [-0.15, -0.1) is 0 Å². The highest BCUT2D eigenvalue weighted by molar-refractivity contribution is 7.90. The Morgan fingerprint density at radius 2 is 1.67 bits per heavy atom. The Morgan fingerprint density at radius 3 is 2.26 bits per heavy atom. The average Bonchev–Trinajstić information content (AvgIpc) is 3.22. The lowest BCUT2D eigenvalue weighted by Crippen LogP contribution is -2.36. The Labute approximate surface area is 162 Å². The van der Waals surface area contributed by atoms with Crippen LogP contribution in [-0.2, 0) is 35.7 Å². The maximum absolute atomic E-state index is 12.4. The van der Waals surface area contributed by atoms with Gasteiger partial charge in [-0.05, 0) is 80.2 Å². The third-order valence-corrected chi connectivity index (χ3v) is 6.67. The van der Waals surface area contributed by atoms with Crippen LogP contribution < -0.4 is 15.4 Å². The Hall–Kier alpha value is -1.60. The highest BCUT2D eigenvalue weighted by Crippen LogP contribution is 2.38. The predicted molar refractivity (Wildman–Crippen MR) is 109 cm³/mol. The molecule has 2 amide bonds. The van der Waals surface area contributed by atoms with Gasteiger partial charge in [0.2, 0.25) is 10.0 Å². The van der Waals surface area contributed by atoms with E-state index in [1.807, 2.05) is 0 Å². The van der Waals surface area contributed by atoms with Crippen molar-refractivity contribution >= 4 is 21.7 Å². The average molecular weight is 394 g/mol. The van der Waals surface area contributed by atoms with Crippen LogP contribution in [0.1, 0.15) is 61.8 Å². The van der Waals surface area contributed by atoms with Crippen LogP contribution in [0.5, 0.6) is 0 Å². The molecule has 2 aliphatic carbocycles. The van der Waals surface area contributed by atoms with E-state index in [4.69, 9.17) is 0 Å². The van der Waals surface area contributed by atoms with Crippen LogP contribution in [0.3, 0.4) is 0 Å². The zero-order valence-corrected chi connectivity index (χ0v) is 17.2. The highest BCUT2D eigenvalue weighted by atomic mass is 32.2. The largest absolute Gasteiger partial charge is 0.332 e. The van der Waals surface area contributed by atoms with Gasteiger partial charge in [-0.3, -0.25) is 0 Å². The number of sulfonamides is 1. The molecule has 0 aliphatic heterocycles. The third-order valence-electron chi connectivity index (χ3n) is 5.35. The second-order valence-corrected chi connectivity index (χ2v) is 9.77. The molecule has 27 heavy (non-hydrogen) atoms. The van der Waals surface area contributed by atoms with E-state index in [0.29, 0.717) is 12.5 Å². The number of hydrogen-bond donors (Lipinski definition) is 3. The molecule has 1 aromatic rings. The first-order valence-corrected chi connectivity index (χ1v) is 11.7. The fourth-order valence-electron chi connectivity index (χ4n) is 4.11. The van der Waals surface area contributed by atoms with E-state index in [2.05, 4.69) is 35.3 Å². The first kappa shape index (κ1) is 20.1. The SMILES string of the molecule is CC(C)NCCCCS(=O)(=O)NC(=O)Nc1c2c(cc3c1CCC3)CCC2. The first-order valence-electron chi connectivity index (χ1n) is 10.1. The number of urea groups is 1. The van der Waals surface area contributed by atoms with Gasteiger partial charge in [0.15, 0.2) is 0 Å². The summed E-state index contributed by atoms with van der Waals surface area (Å²) in [5.74, 6) is -0.0365. The van der Waals surface area contributed by atoms with Crippen molar-refractivity contribution in [2.75, 3.05) is 17.6 Å². The van der Waals surface area contributed by atoms with Crippen LogP contribution >= 0.6 is 0 Å². The number of hydrogen-bond acceptors (Lipinski definition) is 4. The van der Waals surface area contributed by atoms with Gasteiger partial charge < -0.3 is 10.6 Å². The summed E-state index contributed by atoms with van der Waals surface area (Å²) in [4.78, 5) is 12.4. The number of aryl methyl sites for hydroxylation is 2. The van der Waals surface area contributed by atoms with Gasteiger partial charge in [0.25, 0.3) is 0 Å². The fraction of sp³-hybridized carbons (Fsp3) is 0.650. The lowest BCUT2D eigenvalue weighted by molar-refractivity contribution is 0.256. The minimum atomic E-state index is -3.62. The van der Waals surface area contributed by atoms with E-state index in [1.54, 1.807) is 0 Å². The van der Waals surface area contributed by atoms with Gasteiger partial charge in [0.05, 0.1) is 5.75 Å². The van der Waals surface area contributed by atoms with Crippen LogP contribution in [0.2, 0.25) is 0 Å². The number of carbonyl (C=O) groups is 1. The summed E-state index contributed by atoms with van der Waals surface area (Å²) in [7, 11) is -3.62. The molecule has 6 nitrogen and oxygen atoms in total. The molecule has 0 atom stereocenters. The summed E-state index contributed by atoms with van der Waals surface area (Å²) in [5, 5.41) is 6.13. The van der Waals surface area contributed by atoms with Crippen molar-refractivity contribution in [1.29, 1.82) is 0 Å². The summed E-state index contributed by atoms with van der Waals surface area (Å²) in [6.45, 7) is 4.89. The second kappa shape index (κ2) is 8.61. The molecule has 0 radical (unpaired) electrons. The molecule has 0 saturated heterocycles. The molecule has 0 bridgehead atoms. The molecule has 2 aliphatic rings. The maximum Gasteiger partial charge on any atom is 0.332 e. The molecule has 0 fully saturated rings. The Bertz CT molecular complexity index is 771. The quantitative estimate of drug-likeness (QED) is 0.593. The number of amides is 2. The van der Waals surface area contributed by atoms with E-state index >= 15 is 0 Å². The number of benzene rings is 1. The Morgan fingerprint density at radius 1 is 1.04 bits per heavy atom. The summed E-state index contributed by atoms with van der Waals surface area (Å²) in [6, 6.07) is 2.04. The predicted octanol–water partition coefficient (Wildman–Crippen LogP) is 2.89. The number of unbranched alkanes of at least 4 members (excludes halogenated alkanes) is 1. The van der Waals surface area contributed by atoms with Crippen LogP contribution in [0.4, 0.5) is 10.5 Å². The molecule has 0 aromatic heterocycles. The van der Waals surface area contributed by atoms with Gasteiger partial charge in [-0.2, -0.15) is 0 Å². The van der Waals surface area contributed by atoms with E-state index in [1.165, 1.54) is 22.3 Å². The normalized spacial score (nSPS) is 15.7. The van der Waals surface area contributed by atoms with E-state index in [0.717, 1.165) is 57.2 Å². The summed E-state index contributed by atoms with van der Waals surface area (Å²) in [6.07, 6.45) is 7.47. The van der Waals surface area contributed by atoms with Crippen LogP contribution in [0.25, 0.3) is 0 Å². The molecule has 0 saturated carbocycles. The molecular formula is C20H31N3O3S. The molecule has 0 unspecified atom stereocenters. The van der Waals surface area contributed by atoms with Gasteiger partial charge in [-0.25, -0.2) is 17.9 Å². The highest BCUT2D eigenvalue weighted by Gasteiger charge is 2.25. The smallest absolute Gasteiger partial charge is 0.315 e. The standard InChI is InChI=1S/C20H31N3O3S/c1-14(2)21-11-3-4-12-27(25,26)23-20(24)22-19-17-9-5-7-15(17)13-16-8-6-10-18(16)19/h13-14,21H,3-12H2,1-2H3,(H2,22,23,24). The van der Waals surface area contributed by atoms with Crippen molar-refractivity contribution in [3.8, 4) is 0 Å². The van der Waals surface area contributed by atoms with Gasteiger partial charge in [-0.1, -0.05) is 19.9 Å². The molecule has 0 spiro atoms. The number of fused-ring (bicyclic) bond motifs is 2. The second-order valence-electron chi connectivity index (χ2n) is 7.93. The number of nitrogens with one attached hydrogen (secondary N) is 3. The van der Waals surface area contributed by atoms with Crippen molar-refractivity contribution in [2.45, 2.75) is 71.3 Å². The van der Waals surface area contributed by atoms with Crippen molar-refractivity contribution in [1.82, 2.24) is 10.0 Å². The topological polar surface area (TPSA) is 87.3 Å². The van der Waals surface area contributed by atoms with Crippen LogP contribution in [0.15, 0.2) is 6.07 Å². The Balaban J connectivity index is 1.58. The van der Waals surface area contributed by atoms with Crippen molar-refractivity contribution in [3.05, 3.63) is 28.3 Å². The minimum Gasteiger partial charge on any atom is -0.315 e. The monoisotopic (exact) mass is 393 g/mol. The third kappa shape index (κ3) is 5.23. The van der Waals surface area contributed by atoms with Gasteiger partial charge in [0, 0.05) is 11.7 Å². The summed E-state index contributed by atoms with van der Waals surface area (Å²) >= 11 is 0. The van der Waals surface area contributed by atoms with Crippen molar-refractivity contribution in [3.63, 3.8) is 0 Å². The number of anilines is 1. The zero-order chi connectivity index (χ0) is 19.4. The van der Waals surface area contributed by atoms with Gasteiger partial charge >= 0.3 is 6.03 Å². The van der Waals surface area contributed by atoms with Gasteiger partial charge in [0.1, 0.15) is 0 Å². The van der Waals surface area contributed by atoms with E-state index < -0.39 is 16.1 Å². The molecule has 7 heteroatoms. The van der Waals surface area contributed by atoms with Crippen LogP contribution in [-0.4, -0.2) is 32.8 Å². The number of rotatable bonds is 8. The molecule has 3 N–H and O–H groups in total. The molecular weight excluding hydrogens is 362 g/mol. The van der Waals surface area contributed by atoms with Crippen molar-refractivity contribution < 1.29 is 13.2 Å². The lowest BCUT2D eigenvalue weighted by Gasteiger charge is -2.16. The molecule has 150 valence electrons. The first-order chi connectivity index (χ1) is 12.9. The minimum absolute atomic E-state index is 0.0365. The maximum atomic E-state index is 12.4. The molecule has 1 aromatic carbocycles. The summed E-state index contributed by atoms with van der Waals surface area (Å²) < 4.78 is 26.6. The summed E-state index contributed by atoms with van der Waals surface area (Å²) in [5.41, 5.74) is 5.88. The number of carbonyl (C=O) groups excluding carboxylic acids is 1. The van der Waals surface area contributed by atoms with E-state index in [9.17, 15) is 13.2 Å².